The second-order valence-electron chi connectivity index (χ2n) is 4.88. The van der Waals surface area contributed by atoms with Crippen LogP contribution in [0.2, 0.25) is 0 Å². The molecule has 104 valence electrons. The monoisotopic (exact) mass is 286 g/mol. The summed E-state index contributed by atoms with van der Waals surface area (Å²) in [7, 11) is 0. The third-order valence-electron chi connectivity index (χ3n) is 3.51. The van der Waals surface area contributed by atoms with Crippen molar-refractivity contribution in [3.05, 3.63) is 60.3 Å². The van der Waals surface area contributed by atoms with E-state index in [2.05, 4.69) is 21.5 Å². The van der Waals surface area contributed by atoms with Crippen molar-refractivity contribution in [2.24, 2.45) is 0 Å². The van der Waals surface area contributed by atoms with Crippen LogP contribution in [0, 0.1) is 11.3 Å². The second kappa shape index (κ2) is 4.86. The Morgan fingerprint density at radius 1 is 1.00 bits per heavy atom. The summed E-state index contributed by atoms with van der Waals surface area (Å²) in [5.74, 6) is 0.782. The van der Waals surface area contributed by atoms with Crippen molar-refractivity contribution in [3.8, 4) is 28.7 Å². The molecule has 0 saturated carbocycles. The summed E-state index contributed by atoms with van der Waals surface area (Å²) < 4.78 is 5.87. The Morgan fingerprint density at radius 2 is 1.86 bits per heavy atom. The van der Waals surface area contributed by atoms with Gasteiger partial charge < -0.3 is 4.42 Å². The molecule has 0 saturated heterocycles. The predicted octanol–water partition coefficient (Wildman–Crippen LogP) is 3.76. The molecule has 1 N–H and O–H groups in total. The van der Waals surface area contributed by atoms with E-state index in [9.17, 15) is 0 Å². The van der Waals surface area contributed by atoms with E-state index in [0.717, 1.165) is 27.9 Å². The van der Waals surface area contributed by atoms with Crippen molar-refractivity contribution < 1.29 is 4.42 Å². The van der Waals surface area contributed by atoms with Crippen LogP contribution in [0.15, 0.2) is 59.0 Å². The summed E-state index contributed by atoms with van der Waals surface area (Å²) in [6, 6.07) is 19.6. The number of H-pyrrole nitrogens is 1. The third-order valence-corrected chi connectivity index (χ3v) is 3.51. The van der Waals surface area contributed by atoms with E-state index in [0.29, 0.717) is 11.4 Å². The van der Waals surface area contributed by atoms with Gasteiger partial charge in [-0.3, -0.25) is 0 Å². The van der Waals surface area contributed by atoms with Gasteiger partial charge in [-0.15, -0.1) is 5.10 Å². The summed E-state index contributed by atoms with van der Waals surface area (Å²) in [6.45, 7) is 0. The van der Waals surface area contributed by atoms with Crippen LogP contribution in [0.1, 0.15) is 5.69 Å². The molecular formula is C17H10N4O. The maximum atomic E-state index is 9.07. The van der Waals surface area contributed by atoms with Crippen LogP contribution >= 0.6 is 0 Å². The molecule has 5 heteroatoms. The van der Waals surface area contributed by atoms with E-state index in [1.807, 2.05) is 54.6 Å². The number of hydrogen-bond acceptors (Lipinski definition) is 4. The number of aromatic amines is 1. The van der Waals surface area contributed by atoms with E-state index in [-0.39, 0.29) is 0 Å². The van der Waals surface area contributed by atoms with E-state index < -0.39 is 0 Å². The van der Waals surface area contributed by atoms with Gasteiger partial charge in [0, 0.05) is 16.5 Å². The van der Waals surface area contributed by atoms with Crippen molar-refractivity contribution in [1.29, 1.82) is 5.26 Å². The molecule has 4 aromatic rings. The Bertz CT molecular complexity index is 974. The van der Waals surface area contributed by atoms with Crippen molar-refractivity contribution >= 4 is 11.0 Å². The van der Waals surface area contributed by atoms with Crippen molar-refractivity contribution in [2.75, 3.05) is 0 Å². The molecule has 2 aromatic heterocycles. The van der Waals surface area contributed by atoms with Crippen molar-refractivity contribution in [1.82, 2.24) is 15.4 Å². The SMILES string of the molecule is N#Cc1[nH]nnc1-c1cccc(-c2cc3ccccc3o2)c1. The average molecular weight is 286 g/mol. The highest BCUT2D eigenvalue weighted by atomic mass is 16.3. The lowest BCUT2D eigenvalue weighted by Crippen LogP contribution is -1.83. The van der Waals surface area contributed by atoms with E-state index >= 15 is 0 Å². The van der Waals surface area contributed by atoms with Gasteiger partial charge in [-0.25, -0.2) is 5.10 Å². The lowest BCUT2D eigenvalue weighted by molar-refractivity contribution is 0.631. The molecular weight excluding hydrogens is 276 g/mol. The molecule has 0 aliphatic carbocycles. The molecule has 22 heavy (non-hydrogen) atoms. The number of rotatable bonds is 2. The molecule has 0 bridgehead atoms. The van der Waals surface area contributed by atoms with Crippen LogP contribution in [0.25, 0.3) is 33.6 Å². The highest BCUT2D eigenvalue weighted by Gasteiger charge is 2.11. The molecule has 0 amide bonds. The zero-order chi connectivity index (χ0) is 14.9. The van der Waals surface area contributed by atoms with E-state index in [1.165, 1.54) is 0 Å². The van der Waals surface area contributed by atoms with E-state index in [1.54, 1.807) is 0 Å². The molecule has 2 heterocycles. The van der Waals surface area contributed by atoms with Gasteiger partial charge in [0.15, 0.2) is 5.69 Å². The van der Waals surface area contributed by atoms with Crippen LogP contribution in [0.5, 0.6) is 0 Å². The minimum atomic E-state index is 0.349. The first-order valence-corrected chi connectivity index (χ1v) is 6.76. The van der Waals surface area contributed by atoms with Gasteiger partial charge in [-0.05, 0) is 18.2 Å². The van der Waals surface area contributed by atoms with Gasteiger partial charge in [0.05, 0.1) is 0 Å². The quantitative estimate of drug-likeness (QED) is 0.608. The predicted molar refractivity (Wildman–Crippen MR) is 81.7 cm³/mol. The van der Waals surface area contributed by atoms with Gasteiger partial charge in [0.2, 0.25) is 0 Å². The van der Waals surface area contributed by atoms with Gasteiger partial charge in [-0.1, -0.05) is 41.6 Å². The largest absolute Gasteiger partial charge is 0.456 e. The summed E-state index contributed by atoms with van der Waals surface area (Å²) in [5.41, 5.74) is 3.49. The first-order chi connectivity index (χ1) is 10.8. The molecule has 5 nitrogen and oxygen atoms in total. The van der Waals surface area contributed by atoms with Crippen LogP contribution in [-0.2, 0) is 0 Å². The summed E-state index contributed by atoms with van der Waals surface area (Å²) in [4.78, 5) is 0. The van der Waals surface area contributed by atoms with Gasteiger partial charge >= 0.3 is 0 Å². The van der Waals surface area contributed by atoms with Crippen molar-refractivity contribution in [2.45, 2.75) is 0 Å². The van der Waals surface area contributed by atoms with Crippen LogP contribution in [0.3, 0.4) is 0 Å². The normalized spacial score (nSPS) is 10.7. The number of nitrogens with zero attached hydrogens (tertiary/aromatic N) is 3. The molecule has 0 aliphatic heterocycles. The summed E-state index contributed by atoms with van der Waals surface area (Å²) in [6.07, 6.45) is 0. The van der Waals surface area contributed by atoms with Gasteiger partial charge in [-0.2, -0.15) is 5.26 Å². The maximum absolute atomic E-state index is 9.07. The number of benzene rings is 2. The molecule has 2 aromatic carbocycles. The first-order valence-electron chi connectivity index (χ1n) is 6.76. The number of para-hydroxylation sites is 1. The fourth-order valence-electron chi connectivity index (χ4n) is 2.45. The zero-order valence-electron chi connectivity index (χ0n) is 11.4. The van der Waals surface area contributed by atoms with Crippen LogP contribution in [0.4, 0.5) is 0 Å². The summed E-state index contributed by atoms with van der Waals surface area (Å²) >= 11 is 0. The zero-order valence-corrected chi connectivity index (χ0v) is 11.4. The number of nitriles is 1. The number of furan rings is 1. The van der Waals surface area contributed by atoms with Crippen LogP contribution < -0.4 is 0 Å². The Morgan fingerprint density at radius 3 is 2.73 bits per heavy atom. The molecule has 0 radical (unpaired) electrons. The number of fused-ring (bicyclic) bond motifs is 1. The lowest BCUT2D eigenvalue weighted by Gasteiger charge is -2.00. The Hall–Kier alpha value is -3.39. The number of aromatic nitrogens is 3. The van der Waals surface area contributed by atoms with E-state index in [4.69, 9.17) is 9.68 Å². The minimum absolute atomic E-state index is 0.349. The fourth-order valence-corrected chi connectivity index (χ4v) is 2.45. The third kappa shape index (κ3) is 1.95. The molecule has 0 fully saturated rings. The number of nitrogens with one attached hydrogen (secondary N) is 1. The first kappa shape index (κ1) is 12.4. The highest BCUT2D eigenvalue weighted by molar-refractivity contribution is 5.83. The van der Waals surface area contributed by atoms with Gasteiger partial charge in [0.1, 0.15) is 23.1 Å². The maximum Gasteiger partial charge on any atom is 0.163 e. The van der Waals surface area contributed by atoms with Crippen LogP contribution in [-0.4, -0.2) is 15.4 Å². The Labute approximate surface area is 125 Å². The molecule has 0 spiro atoms. The van der Waals surface area contributed by atoms with Crippen molar-refractivity contribution in [3.63, 3.8) is 0 Å². The minimum Gasteiger partial charge on any atom is -0.456 e. The molecule has 4 rings (SSSR count). The average Bonchev–Trinajstić information content (AvgIpc) is 3.21. The summed E-state index contributed by atoms with van der Waals surface area (Å²) in [5, 5.41) is 20.4. The lowest BCUT2D eigenvalue weighted by atomic mass is 10.1. The topological polar surface area (TPSA) is 78.5 Å². The fraction of sp³-hybridized carbons (Fsp3) is 0. The second-order valence-corrected chi connectivity index (χ2v) is 4.88. The smallest absolute Gasteiger partial charge is 0.163 e. The number of hydrogen-bond donors (Lipinski definition) is 1. The highest BCUT2D eigenvalue weighted by Crippen LogP contribution is 2.30. The Kier molecular flexibility index (Phi) is 2.73. The standard InChI is InChI=1S/C17H10N4O/c18-10-14-17(20-21-19-14)13-6-3-5-11(8-13)16-9-12-4-1-2-7-15(12)22-16/h1-9H,(H,19,20,21). The molecule has 0 aliphatic rings. The molecule has 0 atom stereocenters. The Balaban J connectivity index is 1.84. The van der Waals surface area contributed by atoms with Gasteiger partial charge in [0.25, 0.3) is 0 Å². The molecule has 0 unspecified atom stereocenters.